The molecule has 0 aliphatic heterocycles. The van der Waals surface area contributed by atoms with Crippen molar-refractivity contribution < 1.29 is 22.8 Å². The fourth-order valence-corrected chi connectivity index (χ4v) is 4.50. The summed E-state index contributed by atoms with van der Waals surface area (Å²) in [4.78, 5) is 10.6. The number of ether oxygens (including phenoxy) is 1. The van der Waals surface area contributed by atoms with Gasteiger partial charge in [-0.1, -0.05) is 0 Å². The molecule has 0 aromatic rings. The first kappa shape index (κ1) is 18.4. The number of hydrogen-bond acceptors (Lipinski definition) is 5. The Kier molecular flexibility index (Phi) is 9.85. The maximum Gasteiger partial charge on any atom is 0.500 e. The maximum atomic E-state index is 10.6. The van der Waals surface area contributed by atoms with E-state index in [0.717, 1.165) is 12.5 Å². The number of hydrogen-bond donors (Lipinski definition) is 1. The summed E-state index contributed by atoms with van der Waals surface area (Å²) >= 11 is 0. The molecule has 6 nitrogen and oxygen atoms in total. The van der Waals surface area contributed by atoms with Crippen molar-refractivity contribution in [1.29, 1.82) is 0 Å². The van der Waals surface area contributed by atoms with E-state index in [-0.39, 0.29) is 6.10 Å². The van der Waals surface area contributed by atoms with E-state index in [1.165, 1.54) is 0 Å². The van der Waals surface area contributed by atoms with Crippen LogP contribution in [0.2, 0.25) is 6.04 Å². The lowest BCUT2D eigenvalue weighted by molar-refractivity contribution is 0.0687. The summed E-state index contributed by atoms with van der Waals surface area (Å²) in [6, 6.07) is 0.717. The Labute approximate surface area is 116 Å². The topological polar surface area (TPSA) is 80.0 Å². The Morgan fingerprint density at radius 2 is 1.58 bits per heavy atom. The molecular formula is C12H27NO5Si. The standard InChI is InChI=1S/C12H27NO5Si/c1-5-15-19(16-6-2,17-7-3)10-8-9-11(4)18-12(13)14/h11H,5-10H2,1-4H3,(H2,13,14). The first-order valence-corrected chi connectivity index (χ1v) is 8.80. The lowest BCUT2D eigenvalue weighted by atomic mass is 10.2. The number of amides is 1. The van der Waals surface area contributed by atoms with Crippen molar-refractivity contribution in [3.05, 3.63) is 0 Å². The first-order valence-electron chi connectivity index (χ1n) is 6.87. The second kappa shape index (κ2) is 10.2. The maximum absolute atomic E-state index is 10.6. The Balaban J connectivity index is 4.26. The van der Waals surface area contributed by atoms with Gasteiger partial charge in [-0.25, -0.2) is 4.79 Å². The summed E-state index contributed by atoms with van der Waals surface area (Å²) in [5, 5.41) is 0. The van der Waals surface area contributed by atoms with Gasteiger partial charge >= 0.3 is 14.9 Å². The molecule has 0 heterocycles. The zero-order chi connectivity index (χ0) is 14.7. The molecule has 1 unspecified atom stereocenters. The molecule has 0 bridgehead atoms. The first-order chi connectivity index (χ1) is 8.99. The normalized spacial score (nSPS) is 13.3. The highest BCUT2D eigenvalue weighted by Gasteiger charge is 2.39. The van der Waals surface area contributed by atoms with Crippen molar-refractivity contribution >= 4 is 14.9 Å². The molecule has 7 heteroatoms. The van der Waals surface area contributed by atoms with E-state index in [1.807, 2.05) is 27.7 Å². The number of carbonyl (C=O) groups is 1. The van der Waals surface area contributed by atoms with Crippen LogP contribution in [0, 0.1) is 0 Å². The van der Waals surface area contributed by atoms with Gasteiger partial charge in [-0.15, -0.1) is 0 Å². The van der Waals surface area contributed by atoms with Crippen molar-refractivity contribution in [2.45, 2.75) is 52.7 Å². The molecule has 0 aromatic carbocycles. The van der Waals surface area contributed by atoms with Gasteiger partial charge in [0.05, 0.1) is 0 Å². The molecule has 114 valence electrons. The van der Waals surface area contributed by atoms with Gasteiger partial charge in [0.2, 0.25) is 0 Å². The molecule has 0 saturated carbocycles. The summed E-state index contributed by atoms with van der Waals surface area (Å²) < 4.78 is 22.1. The molecule has 0 rings (SSSR count). The minimum absolute atomic E-state index is 0.200. The quantitative estimate of drug-likeness (QED) is 0.591. The molecule has 0 fully saturated rings. The number of carbonyl (C=O) groups excluding carboxylic acids is 1. The molecule has 0 aromatic heterocycles. The van der Waals surface area contributed by atoms with Crippen LogP contribution in [0.3, 0.4) is 0 Å². The summed E-state index contributed by atoms with van der Waals surface area (Å²) in [6.07, 6.45) is 0.579. The zero-order valence-corrected chi connectivity index (χ0v) is 13.4. The van der Waals surface area contributed by atoms with E-state index in [4.69, 9.17) is 23.7 Å². The highest BCUT2D eigenvalue weighted by molar-refractivity contribution is 6.60. The van der Waals surface area contributed by atoms with Gasteiger partial charge in [0.15, 0.2) is 0 Å². The number of primary amides is 1. The summed E-state index contributed by atoms with van der Waals surface area (Å²) in [7, 11) is -2.57. The van der Waals surface area contributed by atoms with Crippen LogP contribution in [-0.2, 0) is 18.0 Å². The van der Waals surface area contributed by atoms with Crippen LogP contribution >= 0.6 is 0 Å². The van der Waals surface area contributed by atoms with Gasteiger partial charge in [0.1, 0.15) is 6.10 Å². The van der Waals surface area contributed by atoms with Crippen LogP contribution < -0.4 is 5.73 Å². The Morgan fingerprint density at radius 3 is 1.95 bits per heavy atom. The van der Waals surface area contributed by atoms with Gasteiger partial charge < -0.3 is 23.7 Å². The monoisotopic (exact) mass is 293 g/mol. The van der Waals surface area contributed by atoms with Gasteiger partial charge in [-0.2, -0.15) is 0 Å². The SMILES string of the molecule is CCO[Si](CCCC(C)OC(N)=O)(OCC)OCC. The van der Waals surface area contributed by atoms with Gasteiger partial charge in [-0.3, -0.25) is 0 Å². The Morgan fingerprint density at radius 1 is 1.11 bits per heavy atom. The average molecular weight is 293 g/mol. The second-order valence-electron chi connectivity index (χ2n) is 4.12. The summed E-state index contributed by atoms with van der Waals surface area (Å²) in [5.74, 6) is 0. The minimum Gasteiger partial charge on any atom is -0.447 e. The van der Waals surface area contributed by atoms with Gasteiger partial charge in [-0.05, 0) is 40.5 Å². The van der Waals surface area contributed by atoms with E-state index >= 15 is 0 Å². The molecular weight excluding hydrogens is 266 g/mol. The smallest absolute Gasteiger partial charge is 0.447 e. The molecule has 0 spiro atoms. The fourth-order valence-electron chi connectivity index (χ4n) is 1.86. The number of rotatable bonds is 11. The molecule has 1 atom stereocenters. The van der Waals surface area contributed by atoms with E-state index in [2.05, 4.69) is 0 Å². The molecule has 2 N–H and O–H groups in total. The van der Waals surface area contributed by atoms with E-state index < -0.39 is 14.9 Å². The minimum atomic E-state index is -2.57. The van der Waals surface area contributed by atoms with Crippen molar-refractivity contribution in [1.82, 2.24) is 0 Å². The van der Waals surface area contributed by atoms with Crippen LogP contribution in [0.4, 0.5) is 4.79 Å². The van der Waals surface area contributed by atoms with Crippen molar-refractivity contribution in [3.63, 3.8) is 0 Å². The molecule has 0 saturated heterocycles. The predicted octanol–water partition coefficient (Wildman–Crippen LogP) is 2.30. The van der Waals surface area contributed by atoms with Crippen molar-refractivity contribution in [2.75, 3.05) is 19.8 Å². The lowest BCUT2D eigenvalue weighted by Crippen LogP contribution is -2.46. The third kappa shape index (κ3) is 8.20. The average Bonchev–Trinajstić information content (AvgIpc) is 2.28. The van der Waals surface area contributed by atoms with E-state index in [0.29, 0.717) is 26.2 Å². The third-order valence-corrected chi connectivity index (χ3v) is 5.66. The van der Waals surface area contributed by atoms with Gasteiger partial charge in [0.25, 0.3) is 0 Å². The van der Waals surface area contributed by atoms with Crippen LogP contribution in [0.25, 0.3) is 0 Å². The highest BCUT2D eigenvalue weighted by atomic mass is 28.4. The van der Waals surface area contributed by atoms with E-state index in [1.54, 1.807) is 0 Å². The third-order valence-electron chi connectivity index (χ3n) is 2.50. The Hall–Kier alpha value is -0.633. The van der Waals surface area contributed by atoms with E-state index in [9.17, 15) is 4.79 Å². The molecule has 0 radical (unpaired) electrons. The van der Waals surface area contributed by atoms with Crippen LogP contribution in [-0.4, -0.2) is 40.8 Å². The second-order valence-corrected chi connectivity index (χ2v) is 6.85. The molecule has 0 aliphatic rings. The Bertz CT molecular complexity index is 235. The lowest BCUT2D eigenvalue weighted by Gasteiger charge is -2.28. The number of nitrogens with two attached hydrogens (primary N) is 1. The molecule has 19 heavy (non-hydrogen) atoms. The summed E-state index contributed by atoms with van der Waals surface area (Å²) in [6.45, 7) is 9.31. The van der Waals surface area contributed by atoms with Crippen LogP contribution in [0.1, 0.15) is 40.5 Å². The fraction of sp³-hybridized carbons (Fsp3) is 0.917. The highest BCUT2D eigenvalue weighted by Crippen LogP contribution is 2.20. The van der Waals surface area contributed by atoms with Gasteiger partial charge in [0, 0.05) is 25.9 Å². The van der Waals surface area contributed by atoms with Crippen molar-refractivity contribution in [2.24, 2.45) is 5.73 Å². The molecule has 0 aliphatic carbocycles. The van der Waals surface area contributed by atoms with Crippen LogP contribution in [0.15, 0.2) is 0 Å². The van der Waals surface area contributed by atoms with Crippen LogP contribution in [0.5, 0.6) is 0 Å². The predicted molar refractivity (Wildman–Crippen MR) is 74.8 cm³/mol. The summed E-state index contributed by atoms with van der Waals surface area (Å²) in [5.41, 5.74) is 4.97. The molecule has 1 amide bonds. The van der Waals surface area contributed by atoms with Crippen molar-refractivity contribution in [3.8, 4) is 0 Å². The largest absolute Gasteiger partial charge is 0.500 e. The zero-order valence-electron chi connectivity index (χ0n) is 12.4.